The van der Waals surface area contributed by atoms with Crippen molar-refractivity contribution in [1.82, 2.24) is 10.6 Å². The molecule has 1 saturated heterocycles. The van der Waals surface area contributed by atoms with Gasteiger partial charge in [0.1, 0.15) is 5.75 Å². The first kappa shape index (κ1) is 13.9. The van der Waals surface area contributed by atoms with Gasteiger partial charge in [0, 0.05) is 18.2 Å². The van der Waals surface area contributed by atoms with Crippen molar-refractivity contribution in [1.29, 1.82) is 0 Å². The number of ether oxygens (including phenoxy) is 1. The highest BCUT2D eigenvalue weighted by Crippen LogP contribution is 2.26. The van der Waals surface area contributed by atoms with Crippen LogP contribution in [0.15, 0.2) is 18.2 Å². The predicted octanol–water partition coefficient (Wildman–Crippen LogP) is 1.93. The molecule has 4 heteroatoms. The highest BCUT2D eigenvalue weighted by molar-refractivity contribution is 5.82. The Morgan fingerprint density at radius 1 is 1.47 bits per heavy atom. The second-order valence-corrected chi connectivity index (χ2v) is 5.12. The summed E-state index contributed by atoms with van der Waals surface area (Å²) in [5.74, 6) is 0.964. The summed E-state index contributed by atoms with van der Waals surface area (Å²) >= 11 is 0. The molecule has 104 valence electrons. The first-order valence-electron chi connectivity index (χ1n) is 6.80. The molecule has 0 radical (unpaired) electrons. The Labute approximate surface area is 114 Å². The average molecular weight is 262 g/mol. The highest BCUT2D eigenvalue weighted by Gasteiger charge is 2.24. The lowest BCUT2D eigenvalue weighted by Crippen LogP contribution is -2.48. The standard InChI is InChI=1S/C15H22N2O2/c1-10-6-7-14(19-3)12(9-10)11(2)17-13-5-4-8-16-15(13)18/h6-7,9,11,13,17H,4-5,8H2,1-3H3,(H,16,18). The maximum atomic E-state index is 11.8. The monoisotopic (exact) mass is 262 g/mol. The molecular formula is C15H22N2O2. The van der Waals surface area contributed by atoms with Crippen molar-refractivity contribution in [3.63, 3.8) is 0 Å². The summed E-state index contributed by atoms with van der Waals surface area (Å²) in [5.41, 5.74) is 2.29. The van der Waals surface area contributed by atoms with E-state index in [0.717, 1.165) is 30.7 Å². The van der Waals surface area contributed by atoms with E-state index in [1.54, 1.807) is 7.11 Å². The largest absolute Gasteiger partial charge is 0.496 e. The van der Waals surface area contributed by atoms with E-state index in [2.05, 4.69) is 30.5 Å². The van der Waals surface area contributed by atoms with Gasteiger partial charge in [0.05, 0.1) is 13.2 Å². The minimum Gasteiger partial charge on any atom is -0.496 e. The molecule has 0 bridgehead atoms. The first-order valence-corrected chi connectivity index (χ1v) is 6.80. The fourth-order valence-corrected chi connectivity index (χ4v) is 2.51. The van der Waals surface area contributed by atoms with Gasteiger partial charge in [-0.05, 0) is 32.8 Å². The second kappa shape index (κ2) is 6.06. The van der Waals surface area contributed by atoms with E-state index in [0.29, 0.717) is 0 Å². The van der Waals surface area contributed by atoms with Gasteiger partial charge in [0.2, 0.25) is 5.91 Å². The van der Waals surface area contributed by atoms with Crippen LogP contribution < -0.4 is 15.4 Å². The van der Waals surface area contributed by atoms with Gasteiger partial charge in [-0.15, -0.1) is 0 Å². The van der Waals surface area contributed by atoms with E-state index in [4.69, 9.17) is 4.74 Å². The minimum absolute atomic E-state index is 0.0868. The molecule has 19 heavy (non-hydrogen) atoms. The number of methoxy groups -OCH3 is 1. The summed E-state index contributed by atoms with van der Waals surface area (Å²) in [4.78, 5) is 11.8. The van der Waals surface area contributed by atoms with Gasteiger partial charge in [0.25, 0.3) is 0 Å². The Balaban J connectivity index is 2.12. The molecule has 1 heterocycles. The maximum Gasteiger partial charge on any atom is 0.237 e. The molecular weight excluding hydrogens is 240 g/mol. The van der Waals surface area contributed by atoms with Crippen LogP contribution in [0.2, 0.25) is 0 Å². The summed E-state index contributed by atoms with van der Waals surface area (Å²) in [6.45, 7) is 4.92. The number of hydrogen-bond donors (Lipinski definition) is 2. The summed E-state index contributed by atoms with van der Waals surface area (Å²) in [5, 5.41) is 6.29. The molecule has 0 aromatic heterocycles. The van der Waals surface area contributed by atoms with Crippen molar-refractivity contribution in [2.24, 2.45) is 0 Å². The van der Waals surface area contributed by atoms with Crippen molar-refractivity contribution in [2.45, 2.75) is 38.8 Å². The number of rotatable bonds is 4. The van der Waals surface area contributed by atoms with Crippen LogP contribution in [0, 0.1) is 6.92 Å². The molecule has 1 amide bonds. The fourth-order valence-electron chi connectivity index (χ4n) is 2.51. The normalized spacial score (nSPS) is 20.8. The van der Waals surface area contributed by atoms with Crippen LogP contribution in [0.5, 0.6) is 5.75 Å². The lowest BCUT2D eigenvalue weighted by Gasteiger charge is -2.27. The molecule has 2 unspecified atom stereocenters. The predicted molar refractivity (Wildman–Crippen MR) is 75.3 cm³/mol. The summed E-state index contributed by atoms with van der Waals surface area (Å²) in [7, 11) is 1.67. The van der Waals surface area contributed by atoms with Gasteiger partial charge in [-0.25, -0.2) is 0 Å². The molecule has 0 spiro atoms. The molecule has 1 aliphatic heterocycles. The molecule has 1 fully saturated rings. The van der Waals surface area contributed by atoms with Gasteiger partial charge in [-0.1, -0.05) is 17.7 Å². The van der Waals surface area contributed by atoms with E-state index < -0.39 is 0 Å². The van der Waals surface area contributed by atoms with E-state index >= 15 is 0 Å². The molecule has 2 rings (SSSR count). The van der Waals surface area contributed by atoms with Crippen LogP contribution in [0.25, 0.3) is 0 Å². The van der Waals surface area contributed by atoms with Crippen LogP contribution >= 0.6 is 0 Å². The van der Waals surface area contributed by atoms with Crippen molar-refractivity contribution < 1.29 is 9.53 Å². The van der Waals surface area contributed by atoms with Crippen LogP contribution in [0.4, 0.5) is 0 Å². The molecule has 2 atom stereocenters. The molecule has 0 aliphatic carbocycles. The van der Waals surface area contributed by atoms with E-state index in [-0.39, 0.29) is 18.0 Å². The van der Waals surface area contributed by atoms with Crippen LogP contribution in [-0.4, -0.2) is 25.6 Å². The lowest BCUT2D eigenvalue weighted by molar-refractivity contribution is -0.124. The molecule has 1 aliphatic rings. The van der Waals surface area contributed by atoms with Crippen LogP contribution in [0.3, 0.4) is 0 Å². The minimum atomic E-state index is -0.103. The number of hydrogen-bond acceptors (Lipinski definition) is 3. The third-order valence-corrected chi connectivity index (χ3v) is 3.59. The topological polar surface area (TPSA) is 50.4 Å². The Kier molecular flexibility index (Phi) is 4.43. The van der Waals surface area contributed by atoms with Crippen LogP contribution in [0.1, 0.15) is 36.9 Å². The van der Waals surface area contributed by atoms with Crippen LogP contribution in [-0.2, 0) is 4.79 Å². The Morgan fingerprint density at radius 2 is 2.26 bits per heavy atom. The smallest absolute Gasteiger partial charge is 0.237 e. The van der Waals surface area contributed by atoms with Gasteiger partial charge >= 0.3 is 0 Å². The van der Waals surface area contributed by atoms with Gasteiger partial charge in [0.15, 0.2) is 0 Å². The zero-order valence-corrected chi connectivity index (χ0v) is 11.8. The van der Waals surface area contributed by atoms with E-state index in [1.807, 2.05) is 12.1 Å². The number of piperidine rings is 1. The SMILES string of the molecule is COc1ccc(C)cc1C(C)NC1CCCNC1=O. The van der Waals surface area contributed by atoms with Crippen molar-refractivity contribution in [3.8, 4) is 5.75 Å². The van der Waals surface area contributed by atoms with Gasteiger partial charge < -0.3 is 10.1 Å². The number of aryl methyl sites for hydroxylation is 1. The van der Waals surface area contributed by atoms with Gasteiger partial charge in [-0.2, -0.15) is 0 Å². The summed E-state index contributed by atoms with van der Waals surface area (Å²) in [6, 6.07) is 6.10. The summed E-state index contributed by atoms with van der Waals surface area (Å²) in [6.07, 6.45) is 1.92. The molecule has 1 aromatic rings. The van der Waals surface area contributed by atoms with E-state index in [9.17, 15) is 4.79 Å². The van der Waals surface area contributed by atoms with E-state index in [1.165, 1.54) is 5.56 Å². The maximum absolute atomic E-state index is 11.8. The van der Waals surface area contributed by atoms with Crippen molar-refractivity contribution in [3.05, 3.63) is 29.3 Å². The fraction of sp³-hybridized carbons (Fsp3) is 0.533. The summed E-state index contributed by atoms with van der Waals surface area (Å²) < 4.78 is 5.40. The van der Waals surface area contributed by atoms with Crippen molar-refractivity contribution >= 4 is 5.91 Å². The number of amides is 1. The van der Waals surface area contributed by atoms with Crippen molar-refractivity contribution in [2.75, 3.05) is 13.7 Å². The number of carbonyl (C=O) groups is 1. The Bertz CT molecular complexity index is 459. The lowest BCUT2D eigenvalue weighted by atomic mass is 10.0. The highest BCUT2D eigenvalue weighted by atomic mass is 16.5. The Morgan fingerprint density at radius 3 is 2.95 bits per heavy atom. The quantitative estimate of drug-likeness (QED) is 0.871. The molecule has 4 nitrogen and oxygen atoms in total. The number of benzene rings is 1. The first-order chi connectivity index (χ1) is 9.11. The number of carbonyl (C=O) groups excluding carboxylic acids is 1. The zero-order valence-electron chi connectivity index (χ0n) is 11.8. The average Bonchev–Trinajstić information content (AvgIpc) is 2.41. The number of nitrogens with one attached hydrogen (secondary N) is 2. The third-order valence-electron chi connectivity index (χ3n) is 3.59. The molecule has 1 aromatic carbocycles. The molecule has 2 N–H and O–H groups in total. The Hall–Kier alpha value is -1.55. The van der Waals surface area contributed by atoms with Gasteiger partial charge in [-0.3, -0.25) is 10.1 Å². The third kappa shape index (κ3) is 3.26. The molecule has 0 saturated carbocycles. The zero-order chi connectivity index (χ0) is 13.8. The second-order valence-electron chi connectivity index (χ2n) is 5.12.